The van der Waals surface area contributed by atoms with Gasteiger partial charge in [0, 0.05) is 0 Å². The predicted octanol–water partition coefficient (Wildman–Crippen LogP) is 13.1. The summed E-state index contributed by atoms with van der Waals surface area (Å²) < 4.78 is 0. The van der Waals surface area contributed by atoms with Crippen molar-refractivity contribution < 1.29 is 0 Å². The van der Waals surface area contributed by atoms with Gasteiger partial charge in [-0.05, 0) is 131 Å². The Kier molecular flexibility index (Phi) is 13.5. The van der Waals surface area contributed by atoms with E-state index in [2.05, 4.69) is 111 Å². The number of allylic oxidation sites excluding steroid dienone is 5. The molecule has 0 radical (unpaired) electrons. The van der Waals surface area contributed by atoms with Gasteiger partial charge in [0.25, 0.3) is 0 Å². The normalized spacial score (nSPS) is 10.2. The van der Waals surface area contributed by atoms with E-state index in [0.717, 1.165) is 61.2 Å². The van der Waals surface area contributed by atoms with Crippen LogP contribution in [0.25, 0.3) is 50.1 Å². The molecule has 0 bridgehead atoms. The van der Waals surface area contributed by atoms with Crippen LogP contribution in [0.3, 0.4) is 0 Å². The number of hydrogen-bond acceptors (Lipinski definition) is 2. The summed E-state index contributed by atoms with van der Waals surface area (Å²) in [6.45, 7) is 18.4. The van der Waals surface area contributed by atoms with Crippen molar-refractivity contribution in [2.75, 3.05) is 0 Å². The van der Waals surface area contributed by atoms with E-state index in [1.807, 2.05) is 83.1 Å². The SMILES string of the molecule is C=C(C)/C=C(\C=C(C)C)c1cc(-c2cccc(-c3cccc(C#N)c3)c2)cc(-c2cccc(-c3cccc(C#N)c3)c2)c1.CC.CC. The van der Waals surface area contributed by atoms with E-state index in [4.69, 9.17) is 0 Å². The highest BCUT2D eigenvalue weighted by molar-refractivity contribution is 5.86. The van der Waals surface area contributed by atoms with Crippen LogP contribution in [0.1, 0.15) is 65.2 Å². The van der Waals surface area contributed by atoms with Crippen LogP contribution in [0, 0.1) is 22.7 Å². The van der Waals surface area contributed by atoms with Gasteiger partial charge in [-0.25, -0.2) is 0 Å². The molecule has 5 aromatic rings. The number of nitrogens with zero attached hydrogens (tertiary/aromatic N) is 2. The highest BCUT2D eigenvalue weighted by Crippen LogP contribution is 2.35. The van der Waals surface area contributed by atoms with Gasteiger partial charge in [0.1, 0.15) is 0 Å². The van der Waals surface area contributed by atoms with Crippen LogP contribution in [0.15, 0.2) is 145 Å². The van der Waals surface area contributed by atoms with E-state index in [1.165, 1.54) is 5.57 Å². The average Bonchev–Trinajstić information content (AvgIpc) is 3.12. The quantitative estimate of drug-likeness (QED) is 0.172. The first-order valence-electron chi connectivity index (χ1n) is 16.2. The monoisotopic (exact) mass is 612 g/mol. The Bertz CT molecular complexity index is 1870. The highest BCUT2D eigenvalue weighted by Gasteiger charge is 2.11. The summed E-state index contributed by atoms with van der Waals surface area (Å²) in [7, 11) is 0. The summed E-state index contributed by atoms with van der Waals surface area (Å²) in [5.74, 6) is 0. The number of hydrogen-bond donors (Lipinski definition) is 0. The minimum Gasteiger partial charge on any atom is -0.192 e. The topological polar surface area (TPSA) is 47.6 Å². The summed E-state index contributed by atoms with van der Waals surface area (Å²) >= 11 is 0. The second kappa shape index (κ2) is 17.7. The van der Waals surface area contributed by atoms with Crippen LogP contribution in [0.4, 0.5) is 0 Å². The minimum absolute atomic E-state index is 0.642. The Morgan fingerprint density at radius 3 is 1.19 bits per heavy atom. The maximum Gasteiger partial charge on any atom is 0.0991 e. The van der Waals surface area contributed by atoms with Crippen LogP contribution < -0.4 is 0 Å². The fourth-order valence-electron chi connectivity index (χ4n) is 5.21. The zero-order valence-corrected chi connectivity index (χ0v) is 28.7. The fourth-order valence-corrected chi connectivity index (χ4v) is 5.21. The molecular weight excluding hydrogens is 569 g/mol. The van der Waals surface area contributed by atoms with Gasteiger partial charge in [0.2, 0.25) is 0 Å². The van der Waals surface area contributed by atoms with E-state index in [9.17, 15) is 10.5 Å². The lowest BCUT2D eigenvalue weighted by Crippen LogP contribution is -1.90. The Morgan fingerprint density at radius 2 is 0.830 bits per heavy atom. The first-order valence-corrected chi connectivity index (χ1v) is 16.2. The molecule has 0 unspecified atom stereocenters. The molecule has 5 rings (SSSR count). The molecule has 0 aliphatic rings. The molecule has 0 aromatic heterocycles. The molecular formula is C45H44N2. The molecule has 5 aromatic carbocycles. The Morgan fingerprint density at radius 1 is 0.489 bits per heavy atom. The summed E-state index contributed by atoms with van der Waals surface area (Å²) in [5, 5.41) is 18.9. The minimum atomic E-state index is 0.642. The fraction of sp³-hybridized carbons (Fsp3) is 0.156. The highest BCUT2D eigenvalue weighted by atomic mass is 14.2. The molecule has 0 atom stereocenters. The van der Waals surface area contributed by atoms with Crippen molar-refractivity contribution in [3.63, 3.8) is 0 Å². The molecule has 0 saturated carbocycles. The van der Waals surface area contributed by atoms with Crippen molar-refractivity contribution in [3.05, 3.63) is 162 Å². The van der Waals surface area contributed by atoms with Gasteiger partial charge < -0.3 is 0 Å². The number of benzene rings is 5. The zero-order chi connectivity index (χ0) is 34.3. The second-order valence-electron chi connectivity index (χ2n) is 11.0. The van der Waals surface area contributed by atoms with Crippen molar-refractivity contribution >= 4 is 5.57 Å². The van der Waals surface area contributed by atoms with Crippen LogP contribution in [0.5, 0.6) is 0 Å². The molecule has 0 aliphatic heterocycles. The molecule has 0 spiro atoms. The lowest BCUT2D eigenvalue weighted by atomic mass is 9.90. The molecule has 0 fully saturated rings. The van der Waals surface area contributed by atoms with Gasteiger partial charge in [0.05, 0.1) is 23.3 Å². The lowest BCUT2D eigenvalue weighted by molar-refractivity contribution is 1.39. The van der Waals surface area contributed by atoms with Gasteiger partial charge >= 0.3 is 0 Å². The molecule has 0 saturated heterocycles. The molecule has 2 heteroatoms. The van der Waals surface area contributed by atoms with Crippen LogP contribution in [-0.2, 0) is 0 Å². The van der Waals surface area contributed by atoms with Crippen LogP contribution in [-0.4, -0.2) is 0 Å². The van der Waals surface area contributed by atoms with E-state index in [-0.39, 0.29) is 0 Å². The standard InChI is InChI=1S/C41H32N2.2C2H6/c1-28(2)17-38(18-29(3)4)41-24-39(36-15-7-13-34(21-36)32-11-5-9-30(19-32)26-42)23-40(25-41)37-16-8-14-35(22-37)33-12-6-10-31(20-33)27-43;2*1-2/h5-25H,1H2,2-4H3;2*1-2H3/b38-17+;;. The first-order chi connectivity index (χ1) is 22.8. The van der Waals surface area contributed by atoms with Gasteiger partial charge in [-0.1, -0.05) is 118 Å². The Hall–Kier alpha value is -5.70. The number of nitriles is 2. The Labute approximate surface area is 282 Å². The third-order valence-corrected chi connectivity index (χ3v) is 7.15. The molecule has 0 aliphatic carbocycles. The predicted molar refractivity (Wildman–Crippen MR) is 203 cm³/mol. The molecule has 234 valence electrons. The van der Waals surface area contributed by atoms with Gasteiger partial charge in [-0.15, -0.1) is 0 Å². The van der Waals surface area contributed by atoms with Gasteiger partial charge in [-0.3, -0.25) is 0 Å². The summed E-state index contributed by atoms with van der Waals surface area (Å²) in [4.78, 5) is 0. The molecule has 47 heavy (non-hydrogen) atoms. The molecule has 0 N–H and O–H groups in total. The van der Waals surface area contributed by atoms with Gasteiger partial charge in [-0.2, -0.15) is 10.5 Å². The zero-order valence-electron chi connectivity index (χ0n) is 28.7. The molecule has 2 nitrogen and oxygen atoms in total. The van der Waals surface area contributed by atoms with Gasteiger partial charge in [0.15, 0.2) is 0 Å². The Balaban J connectivity index is 0.00000144. The first kappa shape index (κ1) is 35.8. The van der Waals surface area contributed by atoms with Crippen molar-refractivity contribution in [3.8, 4) is 56.6 Å². The van der Waals surface area contributed by atoms with E-state index < -0.39 is 0 Å². The van der Waals surface area contributed by atoms with Crippen molar-refractivity contribution in [1.82, 2.24) is 0 Å². The summed E-state index contributed by atoms with van der Waals surface area (Å²) in [6.07, 6.45) is 4.33. The van der Waals surface area contributed by atoms with Crippen LogP contribution in [0.2, 0.25) is 0 Å². The molecule has 0 amide bonds. The third-order valence-electron chi connectivity index (χ3n) is 7.15. The van der Waals surface area contributed by atoms with Crippen molar-refractivity contribution in [1.29, 1.82) is 10.5 Å². The smallest absolute Gasteiger partial charge is 0.0991 e. The average molecular weight is 613 g/mol. The largest absolute Gasteiger partial charge is 0.192 e. The molecule has 0 heterocycles. The summed E-state index contributed by atoms with van der Waals surface area (Å²) in [5.41, 5.74) is 14.2. The van der Waals surface area contributed by atoms with E-state index in [0.29, 0.717) is 11.1 Å². The maximum absolute atomic E-state index is 9.43. The maximum atomic E-state index is 9.43. The second-order valence-corrected chi connectivity index (χ2v) is 11.0. The van der Waals surface area contributed by atoms with Crippen molar-refractivity contribution in [2.24, 2.45) is 0 Å². The van der Waals surface area contributed by atoms with E-state index >= 15 is 0 Å². The lowest BCUT2D eigenvalue weighted by Gasteiger charge is -2.14. The van der Waals surface area contributed by atoms with Crippen molar-refractivity contribution in [2.45, 2.75) is 48.5 Å². The number of rotatable bonds is 7. The third kappa shape index (κ3) is 9.64. The van der Waals surface area contributed by atoms with E-state index in [1.54, 1.807) is 0 Å². The van der Waals surface area contributed by atoms with Crippen LogP contribution >= 0.6 is 0 Å². The summed E-state index contributed by atoms with van der Waals surface area (Å²) in [6, 6.07) is 43.6.